The van der Waals surface area contributed by atoms with Gasteiger partial charge in [-0.25, -0.2) is 4.79 Å². The van der Waals surface area contributed by atoms with Crippen LogP contribution in [0.1, 0.15) is 12.0 Å². The van der Waals surface area contributed by atoms with Crippen LogP contribution in [-0.2, 0) is 11.3 Å². The van der Waals surface area contributed by atoms with Crippen molar-refractivity contribution < 1.29 is 19.1 Å². The number of urea groups is 1. The van der Waals surface area contributed by atoms with Crippen molar-refractivity contribution in [1.29, 1.82) is 0 Å². The molecule has 0 unspecified atom stereocenters. The van der Waals surface area contributed by atoms with Crippen LogP contribution in [0.15, 0.2) is 18.2 Å². The minimum Gasteiger partial charge on any atom is -0.493 e. The Kier molecular flexibility index (Phi) is 9.28. The number of rotatable bonds is 10. The van der Waals surface area contributed by atoms with Gasteiger partial charge in [-0.1, -0.05) is 6.07 Å². The molecular formula is C26H42N6O4. The number of amides is 3. The molecule has 3 aliphatic rings. The summed E-state index contributed by atoms with van der Waals surface area (Å²) in [6, 6.07) is 5.99. The molecule has 0 aliphatic carbocycles. The number of hydrogen-bond donors (Lipinski definition) is 2. The smallest absolute Gasteiger partial charge is 0.317 e. The number of carbonyl (C=O) groups is 2. The standard InChI is InChI=1S/C26H42N6O4/c1-29-10-12-30(13-11-29)17-21-14-22(25(33)27-6-8-32-9-7-28-26(32)34)19-31(18-21)16-20-4-5-23(35-2)24(15-20)36-3/h4-5,15,21-22H,6-14,16-19H2,1-3H3,(H,27,33)(H,28,34)/t21-,22-/m1/s1. The third kappa shape index (κ3) is 7.02. The number of likely N-dealkylation sites (N-methyl/N-ethyl adjacent to an activating group) is 1. The van der Waals surface area contributed by atoms with Gasteiger partial charge >= 0.3 is 6.03 Å². The molecular weight excluding hydrogens is 460 g/mol. The summed E-state index contributed by atoms with van der Waals surface area (Å²) in [5.41, 5.74) is 1.15. The minimum absolute atomic E-state index is 0.0461. The molecule has 0 aromatic heterocycles. The van der Waals surface area contributed by atoms with Crippen LogP contribution in [0.4, 0.5) is 4.79 Å². The minimum atomic E-state index is -0.0660. The number of likely N-dealkylation sites (tertiary alicyclic amines) is 1. The molecule has 3 heterocycles. The Hall–Kier alpha value is -2.56. The van der Waals surface area contributed by atoms with Crippen LogP contribution in [0, 0.1) is 11.8 Å². The highest BCUT2D eigenvalue weighted by molar-refractivity contribution is 5.79. The molecule has 2 N–H and O–H groups in total. The second-order valence-electron chi connectivity index (χ2n) is 10.3. The third-order valence-electron chi connectivity index (χ3n) is 7.58. The van der Waals surface area contributed by atoms with Gasteiger partial charge < -0.3 is 34.8 Å². The highest BCUT2D eigenvalue weighted by Crippen LogP contribution is 2.30. The van der Waals surface area contributed by atoms with Crippen molar-refractivity contribution in [3.05, 3.63) is 23.8 Å². The van der Waals surface area contributed by atoms with E-state index in [-0.39, 0.29) is 17.9 Å². The summed E-state index contributed by atoms with van der Waals surface area (Å²) in [4.78, 5) is 34.1. The Morgan fingerprint density at radius 2 is 1.83 bits per heavy atom. The molecule has 3 amide bonds. The van der Waals surface area contributed by atoms with Crippen molar-refractivity contribution >= 4 is 11.9 Å². The van der Waals surface area contributed by atoms with E-state index in [1.54, 1.807) is 19.1 Å². The number of nitrogens with zero attached hydrogens (tertiary/aromatic N) is 4. The zero-order valence-corrected chi connectivity index (χ0v) is 22.0. The fourth-order valence-corrected chi connectivity index (χ4v) is 5.57. The number of methoxy groups -OCH3 is 2. The number of piperidine rings is 1. The number of carbonyl (C=O) groups excluding carboxylic acids is 2. The van der Waals surface area contributed by atoms with Crippen molar-refractivity contribution in [3.63, 3.8) is 0 Å². The predicted molar refractivity (Wildman–Crippen MR) is 138 cm³/mol. The van der Waals surface area contributed by atoms with Gasteiger partial charge in [0.15, 0.2) is 11.5 Å². The average Bonchev–Trinajstić information content (AvgIpc) is 3.29. The van der Waals surface area contributed by atoms with Gasteiger partial charge in [0.25, 0.3) is 0 Å². The van der Waals surface area contributed by atoms with Crippen LogP contribution in [0.25, 0.3) is 0 Å². The molecule has 200 valence electrons. The molecule has 0 radical (unpaired) electrons. The first kappa shape index (κ1) is 26.5. The lowest BCUT2D eigenvalue weighted by Crippen LogP contribution is -2.51. The first-order valence-electron chi connectivity index (χ1n) is 13.1. The summed E-state index contributed by atoms with van der Waals surface area (Å²) in [7, 11) is 5.47. The number of nitrogens with one attached hydrogen (secondary N) is 2. The first-order valence-corrected chi connectivity index (χ1v) is 13.1. The highest BCUT2D eigenvalue weighted by Gasteiger charge is 2.33. The number of ether oxygens (including phenoxy) is 2. The van der Waals surface area contributed by atoms with Gasteiger partial charge in [0.1, 0.15) is 0 Å². The second kappa shape index (κ2) is 12.6. The van der Waals surface area contributed by atoms with Crippen molar-refractivity contribution in [1.82, 2.24) is 30.2 Å². The van der Waals surface area contributed by atoms with Gasteiger partial charge in [-0.05, 0) is 37.1 Å². The lowest BCUT2D eigenvalue weighted by molar-refractivity contribution is -0.127. The van der Waals surface area contributed by atoms with Gasteiger partial charge in [0.2, 0.25) is 5.91 Å². The maximum atomic E-state index is 13.2. The maximum absolute atomic E-state index is 13.2. The fraction of sp³-hybridized carbons (Fsp3) is 0.692. The zero-order chi connectivity index (χ0) is 25.5. The highest BCUT2D eigenvalue weighted by atomic mass is 16.5. The van der Waals surface area contributed by atoms with E-state index in [2.05, 4.69) is 38.4 Å². The molecule has 0 bridgehead atoms. The normalized spacial score (nSPS) is 24.0. The van der Waals surface area contributed by atoms with E-state index in [1.807, 2.05) is 12.1 Å². The Bertz CT molecular complexity index is 891. The Morgan fingerprint density at radius 1 is 1.06 bits per heavy atom. The summed E-state index contributed by atoms with van der Waals surface area (Å²) in [6.07, 6.45) is 0.894. The van der Waals surface area contributed by atoms with Crippen molar-refractivity contribution in [2.45, 2.75) is 13.0 Å². The largest absolute Gasteiger partial charge is 0.493 e. The fourth-order valence-electron chi connectivity index (χ4n) is 5.57. The molecule has 2 atom stereocenters. The van der Waals surface area contributed by atoms with Gasteiger partial charge in [-0.3, -0.25) is 9.69 Å². The van der Waals surface area contributed by atoms with E-state index < -0.39 is 0 Å². The van der Waals surface area contributed by atoms with Gasteiger partial charge in [0, 0.05) is 78.5 Å². The van der Waals surface area contributed by atoms with Crippen molar-refractivity contribution in [2.75, 3.05) is 93.3 Å². The monoisotopic (exact) mass is 502 g/mol. The van der Waals surface area contributed by atoms with Crippen LogP contribution < -0.4 is 20.1 Å². The number of benzene rings is 1. The molecule has 10 nitrogen and oxygen atoms in total. The van der Waals surface area contributed by atoms with Crippen LogP contribution >= 0.6 is 0 Å². The van der Waals surface area contributed by atoms with Gasteiger partial charge in [0.05, 0.1) is 20.1 Å². The third-order valence-corrected chi connectivity index (χ3v) is 7.58. The number of piperazine rings is 1. The average molecular weight is 503 g/mol. The molecule has 4 rings (SSSR count). The molecule has 1 aromatic rings. The molecule has 0 saturated carbocycles. The lowest BCUT2D eigenvalue weighted by Gasteiger charge is -2.41. The summed E-state index contributed by atoms with van der Waals surface area (Å²) in [5.74, 6) is 1.90. The molecule has 3 aliphatic heterocycles. The van der Waals surface area contributed by atoms with E-state index >= 15 is 0 Å². The van der Waals surface area contributed by atoms with Crippen LogP contribution in [0.2, 0.25) is 0 Å². The van der Waals surface area contributed by atoms with Crippen LogP contribution in [0.5, 0.6) is 11.5 Å². The topological polar surface area (TPSA) is 89.6 Å². The van der Waals surface area contributed by atoms with Crippen LogP contribution in [-0.4, -0.2) is 125 Å². The Morgan fingerprint density at radius 3 is 2.53 bits per heavy atom. The zero-order valence-electron chi connectivity index (χ0n) is 22.0. The van der Waals surface area contributed by atoms with Crippen molar-refractivity contribution in [2.24, 2.45) is 11.8 Å². The Labute approximate surface area is 214 Å². The first-order chi connectivity index (χ1) is 17.4. The van der Waals surface area contributed by atoms with E-state index in [4.69, 9.17) is 9.47 Å². The maximum Gasteiger partial charge on any atom is 0.317 e. The molecule has 1 aromatic carbocycles. The second-order valence-corrected chi connectivity index (χ2v) is 10.3. The summed E-state index contributed by atoms with van der Waals surface area (Å²) in [6.45, 7) is 10.2. The number of hydrogen-bond acceptors (Lipinski definition) is 7. The van der Waals surface area contributed by atoms with E-state index in [9.17, 15) is 9.59 Å². The summed E-state index contributed by atoms with van der Waals surface area (Å²) < 4.78 is 10.9. The lowest BCUT2D eigenvalue weighted by atomic mass is 9.87. The SMILES string of the molecule is COc1ccc(CN2C[C@@H](CN3CCN(C)CC3)C[C@@H](C(=O)NCCN3CCNC3=O)C2)cc1OC. The van der Waals surface area contributed by atoms with Gasteiger partial charge in [-0.15, -0.1) is 0 Å². The summed E-state index contributed by atoms with van der Waals surface area (Å²) >= 11 is 0. The van der Waals surface area contributed by atoms with E-state index in [0.717, 1.165) is 75.8 Å². The molecule has 10 heteroatoms. The molecule has 36 heavy (non-hydrogen) atoms. The summed E-state index contributed by atoms with van der Waals surface area (Å²) in [5, 5.41) is 5.91. The van der Waals surface area contributed by atoms with Gasteiger partial charge in [-0.2, -0.15) is 0 Å². The molecule has 0 spiro atoms. The predicted octanol–water partition coefficient (Wildman–Crippen LogP) is 0.531. The molecule has 3 fully saturated rings. The van der Waals surface area contributed by atoms with Crippen molar-refractivity contribution in [3.8, 4) is 11.5 Å². The molecule has 3 saturated heterocycles. The van der Waals surface area contributed by atoms with E-state index in [1.165, 1.54) is 0 Å². The van der Waals surface area contributed by atoms with Crippen LogP contribution in [0.3, 0.4) is 0 Å². The Balaban J connectivity index is 1.38. The van der Waals surface area contributed by atoms with E-state index in [0.29, 0.717) is 32.1 Å². The quantitative estimate of drug-likeness (QED) is 0.483.